The highest BCUT2D eigenvalue weighted by Gasteiger charge is 2.31. The molecule has 36 heavy (non-hydrogen) atoms. The van der Waals surface area contributed by atoms with Gasteiger partial charge in [-0.05, 0) is 24.1 Å². The molecule has 15 heteroatoms. The van der Waals surface area contributed by atoms with Crippen LogP contribution in [-0.2, 0) is 35.2 Å². The van der Waals surface area contributed by atoms with Gasteiger partial charge in [-0.2, -0.15) is 0 Å². The average Bonchev–Trinajstić information content (AvgIpc) is 2.80. The first kappa shape index (κ1) is 29.8. The number of phenols is 1. The molecule has 0 spiro atoms. The van der Waals surface area contributed by atoms with E-state index in [0.717, 1.165) is 0 Å². The standard InChI is InChI=1S/C21H30N6O9/c22-12(9-28)18(32)26-14(7-10-1-3-11(29)4-2-10)19(33)27-15(8-17(24)31)20(34)25-13(21(35)36)5-6-16(23)30/h1-4,12-15,28-29H,5-9,22H2,(H2,23,30)(H2,24,31)(H,25,34)(H,26,32)(H,27,33)(H,35,36). The highest BCUT2D eigenvalue weighted by molar-refractivity contribution is 5.96. The summed E-state index contributed by atoms with van der Waals surface area (Å²) in [4.78, 5) is 71.8. The number of benzene rings is 1. The fourth-order valence-electron chi connectivity index (χ4n) is 2.94. The Morgan fingerprint density at radius 1 is 0.806 bits per heavy atom. The van der Waals surface area contributed by atoms with Crippen molar-refractivity contribution in [3.05, 3.63) is 29.8 Å². The van der Waals surface area contributed by atoms with Crippen molar-refractivity contribution in [2.24, 2.45) is 17.2 Å². The van der Waals surface area contributed by atoms with Crippen LogP contribution in [0, 0.1) is 0 Å². The molecule has 0 saturated heterocycles. The first-order valence-corrected chi connectivity index (χ1v) is 10.7. The lowest BCUT2D eigenvalue weighted by atomic mass is 10.0. The van der Waals surface area contributed by atoms with E-state index in [0.29, 0.717) is 5.56 Å². The highest BCUT2D eigenvalue weighted by atomic mass is 16.4. The summed E-state index contributed by atoms with van der Waals surface area (Å²) in [6.45, 7) is -0.714. The van der Waals surface area contributed by atoms with Crippen LogP contribution in [-0.4, -0.2) is 81.6 Å². The topological polar surface area (TPSA) is 277 Å². The van der Waals surface area contributed by atoms with Crippen LogP contribution < -0.4 is 33.2 Å². The Morgan fingerprint density at radius 3 is 1.83 bits per heavy atom. The van der Waals surface area contributed by atoms with E-state index in [-0.39, 0.29) is 25.0 Å². The Bertz CT molecular complexity index is 969. The minimum Gasteiger partial charge on any atom is -0.508 e. The minimum atomic E-state index is -1.63. The molecule has 0 aromatic heterocycles. The molecule has 0 fully saturated rings. The number of aromatic hydroxyl groups is 1. The Morgan fingerprint density at radius 2 is 1.33 bits per heavy atom. The number of rotatable bonds is 15. The number of carboxylic acids is 1. The van der Waals surface area contributed by atoms with E-state index in [1.807, 2.05) is 0 Å². The SMILES string of the molecule is NC(=O)CCC(NC(=O)C(CC(N)=O)NC(=O)C(Cc1ccc(O)cc1)NC(=O)C(N)CO)C(=O)O. The number of primary amides is 2. The molecule has 0 aliphatic carbocycles. The number of amides is 5. The molecular weight excluding hydrogens is 480 g/mol. The van der Waals surface area contributed by atoms with E-state index in [4.69, 9.17) is 22.3 Å². The number of aliphatic hydroxyl groups excluding tert-OH is 1. The predicted octanol–water partition coefficient (Wildman–Crippen LogP) is -4.07. The number of nitrogens with one attached hydrogen (secondary N) is 3. The predicted molar refractivity (Wildman–Crippen MR) is 123 cm³/mol. The van der Waals surface area contributed by atoms with Gasteiger partial charge in [0, 0.05) is 12.8 Å². The summed E-state index contributed by atoms with van der Waals surface area (Å²) >= 11 is 0. The summed E-state index contributed by atoms with van der Waals surface area (Å²) < 4.78 is 0. The Balaban J connectivity index is 3.11. The maximum Gasteiger partial charge on any atom is 0.326 e. The van der Waals surface area contributed by atoms with Gasteiger partial charge in [0.25, 0.3) is 0 Å². The second-order valence-corrected chi connectivity index (χ2v) is 7.86. The van der Waals surface area contributed by atoms with Gasteiger partial charge in [0.1, 0.15) is 29.9 Å². The number of nitrogens with two attached hydrogens (primary N) is 3. The molecule has 1 aromatic carbocycles. The van der Waals surface area contributed by atoms with Gasteiger partial charge in [-0.25, -0.2) is 4.79 Å². The average molecular weight is 511 g/mol. The molecule has 0 aliphatic heterocycles. The number of carboxylic acid groups (broad SMARTS) is 1. The van der Waals surface area contributed by atoms with Gasteiger partial charge in [0.05, 0.1) is 13.0 Å². The van der Waals surface area contributed by atoms with Crippen LogP contribution in [0.4, 0.5) is 0 Å². The van der Waals surface area contributed by atoms with Crippen LogP contribution in [0.2, 0.25) is 0 Å². The molecule has 4 atom stereocenters. The van der Waals surface area contributed by atoms with E-state index in [9.17, 15) is 39.0 Å². The molecule has 12 N–H and O–H groups in total. The van der Waals surface area contributed by atoms with Crippen LogP contribution in [0.15, 0.2) is 24.3 Å². The summed E-state index contributed by atoms with van der Waals surface area (Å²) in [5.74, 6) is -6.25. The zero-order valence-electron chi connectivity index (χ0n) is 19.2. The van der Waals surface area contributed by atoms with Gasteiger partial charge in [0.2, 0.25) is 29.5 Å². The first-order chi connectivity index (χ1) is 16.8. The normalized spacial score (nSPS) is 13.9. The Hall–Kier alpha value is -4.24. The van der Waals surface area contributed by atoms with E-state index in [1.54, 1.807) is 0 Å². The van der Waals surface area contributed by atoms with Crippen molar-refractivity contribution in [2.45, 2.75) is 49.9 Å². The van der Waals surface area contributed by atoms with Gasteiger partial charge >= 0.3 is 5.97 Å². The number of hydrogen-bond acceptors (Lipinski definition) is 9. The molecule has 4 unspecified atom stereocenters. The first-order valence-electron chi connectivity index (χ1n) is 10.7. The molecule has 1 aromatic rings. The fraction of sp³-hybridized carbons (Fsp3) is 0.429. The van der Waals surface area contributed by atoms with Crippen LogP contribution in [0.3, 0.4) is 0 Å². The van der Waals surface area contributed by atoms with Crippen molar-refractivity contribution < 1.29 is 44.1 Å². The van der Waals surface area contributed by atoms with Gasteiger partial charge < -0.3 is 48.5 Å². The van der Waals surface area contributed by atoms with Gasteiger partial charge in [-0.3, -0.25) is 24.0 Å². The molecule has 0 radical (unpaired) electrons. The fourth-order valence-corrected chi connectivity index (χ4v) is 2.94. The van der Waals surface area contributed by atoms with Crippen molar-refractivity contribution in [3.63, 3.8) is 0 Å². The quantitative estimate of drug-likeness (QED) is 0.110. The van der Waals surface area contributed by atoms with Crippen LogP contribution in [0.5, 0.6) is 5.75 Å². The van der Waals surface area contributed by atoms with Crippen LogP contribution in [0.1, 0.15) is 24.8 Å². The summed E-state index contributed by atoms with van der Waals surface area (Å²) in [5.41, 5.74) is 16.1. The number of aliphatic carboxylic acids is 1. The molecule has 0 saturated carbocycles. The van der Waals surface area contributed by atoms with E-state index < -0.39 is 72.7 Å². The zero-order valence-corrected chi connectivity index (χ0v) is 19.2. The van der Waals surface area contributed by atoms with Crippen LogP contribution >= 0.6 is 0 Å². The van der Waals surface area contributed by atoms with E-state index in [2.05, 4.69) is 16.0 Å². The number of hydrogen-bond donors (Lipinski definition) is 9. The number of phenolic OH excluding ortho intramolecular Hbond substituents is 1. The van der Waals surface area contributed by atoms with E-state index >= 15 is 0 Å². The van der Waals surface area contributed by atoms with Gasteiger partial charge in [-0.1, -0.05) is 12.1 Å². The second kappa shape index (κ2) is 14.2. The largest absolute Gasteiger partial charge is 0.508 e. The molecule has 1 rings (SSSR count). The summed E-state index contributed by atoms with van der Waals surface area (Å²) in [6.07, 6.45) is -1.55. The number of carbonyl (C=O) groups excluding carboxylic acids is 5. The third-order valence-electron chi connectivity index (χ3n) is 4.87. The lowest BCUT2D eigenvalue weighted by molar-refractivity contribution is -0.142. The third kappa shape index (κ3) is 10.4. The summed E-state index contributed by atoms with van der Waals surface area (Å²) in [7, 11) is 0. The van der Waals surface area contributed by atoms with Crippen molar-refractivity contribution >= 4 is 35.5 Å². The molecular formula is C21H30N6O9. The van der Waals surface area contributed by atoms with Crippen molar-refractivity contribution in [3.8, 4) is 5.75 Å². The lowest BCUT2D eigenvalue weighted by Gasteiger charge is -2.24. The molecule has 0 bridgehead atoms. The summed E-state index contributed by atoms with van der Waals surface area (Å²) in [6, 6.07) is -0.266. The second-order valence-electron chi connectivity index (χ2n) is 7.86. The van der Waals surface area contributed by atoms with Gasteiger partial charge in [-0.15, -0.1) is 0 Å². The Kier molecular flexibility index (Phi) is 11.8. The maximum absolute atomic E-state index is 13.0. The molecule has 198 valence electrons. The lowest BCUT2D eigenvalue weighted by Crippen LogP contribution is -2.58. The van der Waals surface area contributed by atoms with Crippen LogP contribution in [0.25, 0.3) is 0 Å². The van der Waals surface area contributed by atoms with Crippen molar-refractivity contribution in [2.75, 3.05) is 6.61 Å². The molecule has 0 aliphatic rings. The highest BCUT2D eigenvalue weighted by Crippen LogP contribution is 2.12. The van der Waals surface area contributed by atoms with Gasteiger partial charge in [0.15, 0.2) is 0 Å². The molecule has 15 nitrogen and oxygen atoms in total. The van der Waals surface area contributed by atoms with E-state index in [1.165, 1.54) is 24.3 Å². The molecule has 0 heterocycles. The maximum atomic E-state index is 13.0. The van der Waals surface area contributed by atoms with Crippen molar-refractivity contribution in [1.82, 2.24) is 16.0 Å². The minimum absolute atomic E-state index is 0.0476. The number of aliphatic hydroxyl groups is 1. The number of carbonyl (C=O) groups is 6. The molecule has 5 amide bonds. The smallest absolute Gasteiger partial charge is 0.326 e. The third-order valence-corrected chi connectivity index (χ3v) is 4.87. The zero-order chi connectivity index (χ0) is 27.4. The Labute approximate surface area is 205 Å². The summed E-state index contributed by atoms with van der Waals surface area (Å²) in [5, 5.41) is 34.5. The monoisotopic (exact) mass is 510 g/mol. The van der Waals surface area contributed by atoms with Crippen molar-refractivity contribution in [1.29, 1.82) is 0 Å².